The van der Waals surface area contributed by atoms with Gasteiger partial charge in [0.25, 0.3) is 0 Å². The van der Waals surface area contributed by atoms with E-state index in [1.54, 1.807) is 11.1 Å². The Morgan fingerprint density at radius 1 is 1.05 bits per heavy atom. The van der Waals surface area contributed by atoms with E-state index < -0.39 is 0 Å². The molecule has 0 N–H and O–H groups in total. The standard InChI is InChI=1S/C19H23N/c1-14-11-12-20(3)19(15(14)2)13-17-9-6-8-16-7-4-5-10-18(16)17/h4-10,19H,11-13H2,1-3H3/t19-/m0/s1. The second-order valence-electron chi connectivity index (χ2n) is 6.05. The highest BCUT2D eigenvalue weighted by Gasteiger charge is 2.23. The smallest absolute Gasteiger partial charge is 0.0345 e. The van der Waals surface area contributed by atoms with E-state index in [1.807, 2.05) is 0 Å². The van der Waals surface area contributed by atoms with Gasteiger partial charge in [0.2, 0.25) is 0 Å². The predicted molar refractivity (Wildman–Crippen MR) is 87.1 cm³/mol. The highest BCUT2D eigenvalue weighted by molar-refractivity contribution is 5.85. The van der Waals surface area contributed by atoms with Gasteiger partial charge in [0.15, 0.2) is 0 Å². The molecule has 3 rings (SSSR count). The average Bonchev–Trinajstić information content (AvgIpc) is 2.48. The van der Waals surface area contributed by atoms with Crippen molar-refractivity contribution in [3.05, 3.63) is 59.2 Å². The van der Waals surface area contributed by atoms with Crippen LogP contribution in [-0.4, -0.2) is 24.5 Å². The van der Waals surface area contributed by atoms with Crippen LogP contribution >= 0.6 is 0 Å². The molecule has 2 aromatic carbocycles. The van der Waals surface area contributed by atoms with Crippen LogP contribution in [0.1, 0.15) is 25.8 Å². The Bertz CT molecular complexity index is 648. The van der Waals surface area contributed by atoms with Gasteiger partial charge in [-0.3, -0.25) is 4.90 Å². The number of hydrogen-bond acceptors (Lipinski definition) is 1. The highest BCUT2D eigenvalue weighted by atomic mass is 15.1. The maximum Gasteiger partial charge on any atom is 0.0345 e. The fraction of sp³-hybridized carbons (Fsp3) is 0.368. The number of nitrogens with zero attached hydrogens (tertiary/aromatic N) is 1. The molecule has 0 spiro atoms. The molecule has 1 heterocycles. The van der Waals surface area contributed by atoms with Gasteiger partial charge in [0, 0.05) is 12.6 Å². The van der Waals surface area contributed by atoms with Crippen LogP contribution in [0.3, 0.4) is 0 Å². The maximum absolute atomic E-state index is 2.50. The van der Waals surface area contributed by atoms with Crippen molar-refractivity contribution in [2.45, 2.75) is 32.7 Å². The Kier molecular flexibility index (Phi) is 3.62. The van der Waals surface area contributed by atoms with Crippen molar-refractivity contribution in [1.82, 2.24) is 4.90 Å². The lowest BCUT2D eigenvalue weighted by molar-refractivity contribution is 0.256. The zero-order valence-corrected chi connectivity index (χ0v) is 12.7. The van der Waals surface area contributed by atoms with Crippen LogP contribution in [0.4, 0.5) is 0 Å². The molecule has 0 aromatic heterocycles. The van der Waals surface area contributed by atoms with Crippen molar-refractivity contribution in [3.8, 4) is 0 Å². The van der Waals surface area contributed by atoms with Crippen molar-refractivity contribution >= 4 is 10.8 Å². The summed E-state index contributed by atoms with van der Waals surface area (Å²) in [6, 6.07) is 15.9. The van der Waals surface area contributed by atoms with E-state index in [4.69, 9.17) is 0 Å². The van der Waals surface area contributed by atoms with Gasteiger partial charge in [-0.25, -0.2) is 0 Å². The zero-order valence-electron chi connectivity index (χ0n) is 12.7. The van der Waals surface area contributed by atoms with Gasteiger partial charge in [-0.2, -0.15) is 0 Å². The summed E-state index contributed by atoms with van der Waals surface area (Å²) in [4.78, 5) is 2.50. The molecule has 0 aliphatic carbocycles. The van der Waals surface area contributed by atoms with Gasteiger partial charge in [-0.15, -0.1) is 0 Å². The van der Waals surface area contributed by atoms with E-state index in [-0.39, 0.29) is 0 Å². The van der Waals surface area contributed by atoms with Crippen molar-refractivity contribution in [2.75, 3.05) is 13.6 Å². The summed E-state index contributed by atoms with van der Waals surface area (Å²) in [5, 5.41) is 2.75. The van der Waals surface area contributed by atoms with Gasteiger partial charge >= 0.3 is 0 Å². The molecule has 0 bridgehead atoms. The summed E-state index contributed by atoms with van der Waals surface area (Å²) in [6.45, 7) is 5.78. The fourth-order valence-corrected chi connectivity index (χ4v) is 3.30. The van der Waals surface area contributed by atoms with Gasteiger partial charge < -0.3 is 0 Å². The molecule has 0 amide bonds. The normalized spacial score (nSPS) is 20.6. The molecule has 1 heteroatoms. The Balaban J connectivity index is 1.99. The third-order valence-corrected chi connectivity index (χ3v) is 4.84. The van der Waals surface area contributed by atoms with Crippen LogP contribution in [0.5, 0.6) is 0 Å². The summed E-state index contributed by atoms with van der Waals surface area (Å²) in [7, 11) is 2.26. The van der Waals surface area contributed by atoms with E-state index in [2.05, 4.69) is 68.3 Å². The molecule has 1 nitrogen and oxygen atoms in total. The molecule has 0 saturated heterocycles. The first-order valence-corrected chi connectivity index (χ1v) is 7.50. The Morgan fingerprint density at radius 3 is 2.65 bits per heavy atom. The van der Waals surface area contributed by atoms with Crippen LogP contribution in [0.25, 0.3) is 10.8 Å². The van der Waals surface area contributed by atoms with E-state index in [0.717, 1.165) is 6.42 Å². The zero-order chi connectivity index (χ0) is 14.1. The van der Waals surface area contributed by atoms with Crippen molar-refractivity contribution in [2.24, 2.45) is 0 Å². The third-order valence-electron chi connectivity index (χ3n) is 4.84. The first-order chi connectivity index (χ1) is 9.66. The number of hydrogen-bond donors (Lipinski definition) is 0. The van der Waals surface area contributed by atoms with Crippen LogP contribution in [-0.2, 0) is 6.42 Å². The molecule has 0 radical (unpaired) electrons. The number of benzene rings is 2. The number of likely N-dealkylation sites (N-methyl/N-ethyl adjacent to an activating group) is 1. The van der Waals surface area contributed by atoms with Crippen LogP contribution in [0, 0.1) is 0 Å². The molecular formula is C19H23N. The number of rotatable bonds is 2. The lowest BCUT2D eigenvalue weighted by atomic mass is 9.89. The van der Waals surface area contributed by atoms with Crippen molar-refractivity contribution < 1.29 is 0 Å². The molecule has 0 saturated carbocycles. The Labute approximate surface area is 121 Å². The lowest BCUT2D eigenvalue weighted by Crippen LogP contribution is -2.39. The predicted octanol–water partition coefficient (Wildman–Crippen LogP) is 4.42. The topological polar surface area (TPSA) is 3.24 Å². The fourth-order valence-electron chi connectivity index (χ4n) is 3.30. The van der Waals surface area contributed by atoms with Crippen LogP contribution < -0.4 is 0 Å². The Morgan fingerprint density at radius 2 is 1.80 bits per heavy atom. The van der Waals surface area contributed by atoms with E-state index in [1.165, 1.54) is 29.3 Å². The molecule has 1 aliphatic heterocycles. The van der Waals surface area contributed by atoms with Crippen molar-refractivity contribution in [1.29, 1.82) is 0 Å². The summed E-state index contributed by atoms with van der Waals surface area (Å²) in [6.07, 6.45) is 2.33. The SMILES string of the molecule is CC1=C(C)[C@H](Cc2cccc3ccccc23)N(C)CC1. The first kappa shape index (κ1) is 13.4. The summed E-state index contributed by atoms with van der Waals surface area (Å²) in [5.74, 6) is 0. The molecule has 0 unspecified atom stereocenters. The molecular weight excluding hydrogens is 242 g/mol. The lowest BCUT2D eigenvalue weighted by Gasteiger charge is -2.35. The first-order valence-electron chi connectivity index (χ1n) is 7.50. The quantitative estimate of drug-likeness (QED) is 0.726. The van der Waals surface area contributed by atoms with Gasteiger partial charge in [-0.1, -0.05) is 53.6 Å². The van der Waals surface area contributed by atoms with Gasteiger partial charge in [0.1, 0.15) is 0 Å². The number of fused-ring (bicyclic) bond motifs is 1. The maximum atomic E-state index is 2.50. The van der Waals surface area contributed by atoms with Crippen molar-refractivity contribution in [3.63, 3.8) is 0 Å². The minimum Gasteiger partial charge on any atom is -0.299 e. The average molecular weight is 265 g/mol. The third kappa shape index (κ3) is 2.38. The molecule has 0 fully saturated rings. The summed E-state index contributed by atoms with van der Waals surface area (Å²) < 4.78 is 0. The molecule has 2 aromatic rings. The summed E-state index contributed by atoms with van der Waals surface area (Å²) >= 11 is 0. The molecule has 1 aliphatic rings. The van der Waals surface area contributed by atoms with E-state index in [0.29, 0.717) is 6.04 Å². The van der Waals surface area contributed by atoms with E-state index in [9.17, 15) is 0 Å². The molecule has 20 heavy (non-hydrogen) atoms. The van der Waals surface area contributed by atoms with Gasteiger partial charge in [-0.05, 0) is 50.1 Å². The van der Waals surface area contributed by atoms with E-state index >= 15 is 0 Å². The monoisotopic (exact) mass is 265 g/mol. The largest absolute Gasteiger partial charge is 0.299 e. The van der Waals surface area contributed by atoms with Gasteiger partial charge in [0.05, 0.1) is 0 Å². The Hall–Kier alpha value is -1.60. The highest BCUT2D eigenvalue weighted by Crippen LogP contribution is 2.27. The molecule has 1 atom stereocenters. The molecule has 104 valence electrons. The van der Waals surface area contributed by atoms with Crippen LogP contribution in [0.15, 0.2) is 53.6 Å². The second-order valence-corrected chi connectivity index (χ2v) is 6.05. The minimum atomic E-state index is 0.551. The second kappa shape index (κ2) is 5.41. The summed E-state index contributed by atoms with van der Waals surface area (Å²) in [5.41, 5.74) is 4.61. The van der Waals surface area contributed by atoms with Crippen LogP contribution in [0.2, 0.25) is 0 Å². The minimum absolute atomic E-state index is 0.551.